The highest BCUT2D eigenvalue weighted by molar-refractivity contribution is 5.29. The molecular weight excluding hydrogens is 193 g/mol. The number of ether oxygens (including phenoxy) is 1. The molecule has 0 aliphatic heterocycles. The zero-order chi connectivity index (χ0) is 11.3. The van der Waals surface area contributed by atoms with Crippen LogP contribution in [0.4, 0.5) is 4.39 Å². The number of nitrogens with zero attached hydrogens (tertiary/aromatic N) is 1. The molecule has 3 heteroatoms. The molecule has 0 aromatic heterocycles. The summed E-state index contributed by atoms with van der Waals surface area (Å²) in [4.78, 5) is 0. The van der Waals surface area contributed by atoms with Crippen LogP contribution in [0.2, 0.25) is 0 Å². The van der Waals surface area contributed by atoms with Gasteiger partial charge >= 0.3 is 0 Å². The van der Waals surface area contributed by atoms with E-state index in [0.29, 0.717) is 0 Å². The fraction of sp³-hybridized carbons (Fsp3) is 0.417. The fourth-order valence-corrected chi connectivity index (χ4v) is 1.43. The molecule has 2 atom stereocenters. The quantitative estimate of drug-likeness (QED) is 0.760. The average Bonchev–Trinajstić information content (AvgIpc) is 2.29. The first kappa shape index (κ1) is 11.5. The fourth-order valence-electron chi connectivity index (χ4n) is 1.43. The lowest BCUT2D eigenvalue weighted by atomic mass is 9.96. The molecular formula is C12H14FNO. The van der Waals surface area contributed by atoms with Gasteiger partial charge in [0, 0.05) is 0 Å². The van der Waals surface area contributed by atoms with E-state index in [1.54, 1.807) is 13.2 Å². The summed E-state index contributed by atoms with van der Waals surface area (Å²) in [5.41, 5.74) is 1.02. The van der Waals surface area contributed by atoms with Crippen molar-refractivity contribution in [2.45, 2.75) is 25.4 Å². The van der Waals surface area contributed by atoms with E-state index in [-0.39, 0.29) is 12.3 Å². The first-order valence-electron chi connectivity index (χ1n) is 4.85. The van der Waals surface area contributed by atoms with Crippen molar-refractivity contribution in [1.82, 2.24) is 0 Å². The second kappa shape index (κ2) is 5.35. The third-order valence-electron chi connectivity index (χ3n) is 2.39. The second-order valence-corrected chi connectivity index (χ2v) is 3.51. The minimum absolute atomic E-state index is 0.0468. The molecule has 2 nitrogen and oxygen atoms in total. The van der Waals surface area contributed by atoms with Gasteiger partial charge in [-0.15, -0.1) is 0 Å². The van der Waals surface area contributed by atoms with Gasteiger partial charge in [0.05, 0.1) is 13.2 Å². The van der Waals surface area contributed by atoms with Crippen molar-refractivity contribution in [2.75, 3.05) is 7.11 Å². The Kier molecular flexibility index (Phi) is 4.11. The van der Waals surface area contributed by atoms with E-state index in [4.69, 9.17) is 10.00 Å². The van der Waals surface area contributed by atoms with Crippen LogP contribution in [-0.2, 0) is 0 Å². The van der Waals surface area contributed by atoms with Gasteiger partial charge in [0.2, 0.25) is 0 Å². The van der Waals surface area contributed by atoms with Gasteiger partial charge in [-0.25, -0.2) is 4.39 Å². The maximum Gasteiger partial charge on any atom is 0.186 e. The highest BCUT2D eigenvalue weighted by Crippen LogP contribution is 2.23. The number of hydrogen-bond acceptors (Lipinski definition) is 2. The van der Waals surface area contributed by atoms with Crippen LogP contribution in [0.5, 0.6) is 5.75 Å². The zero-order valence-electron chi connectivity index (χ0n) is 8.90. The zero-order valence-corrected chi connectivity index (χ0v) is 8.90. The Labute approximate surface area is 89.3 Å². The summed E-state index contributed by atoms with van der Waals surface area (Å²) in [6.45, 7) is 1.91. The monoisotopic (exact) mass is 207 g/mol. The summed E-state index contributed by atoms with van der Waals surface area (Å²) in [5.74, 6) is 0.827. The number of alkyl halides is 1. The van der Waals surface area contributed by atoms with Gasteiger partial charge in [-0.3, -0.25) is 0 Å². The van der Waals surface area contributed by atoms with E-state index in [9.17, 15) is 4.39 Å². The van der Waals surface area contributed by atoms with Crippen LogP contribution in [0, 0.1) is 11.3 Å². The lowest BCUT2D eigenvalue weighted by molar-refractivity contribution is 0.367. The predicted molar refractivity (Wildman–Crippen MR) is 56.5 cm³/mol. The van der Waals surface area contributed by atoms with Gasteiger partial charge in [0.25, 0.3) is 0 Å². The molecule has 0 amide bonds. The minimum Gasteiger partial charge on any atom is -0.497 e. The maximum absolute atomic E-state index is 12.8. The summed E-state index contributed by atoms with van der Waals surface area (Å²) < 4.78 is 17.9. The molecule has 0 radical (unpaired) electrons. The molecule has 1 aromatic carbocycles. The molecule has 0 bridgehead atoms. The van der Waals surface area contributed by atoms with Gasteiger partial charge in [0.15, 0.2) is 6.17 Å². The van der Waals surface area contributed by atoms with Crippen molar-refractivity contribution >= 4 is 0 Å². The molecule has 1 rings (SSSR count). The van der Waals surface area contributed by atoms with Gasteiger partial charge in [-0.05, 0) is 30.0 Å². The van der Waals surface area contributed by atoms with Crippen LogP contribution in [0.15, 0.2) is 24.3 Å². The lowest BCUT2D eigenvalue weighted by Gasteiger charge is -2.11. The van der Waals surface area contributed by atoms with Gasteiger partial charge in [0.1, 0.15) is 5.75 Å². The Morgan fingerprint density at radius 3 is 2.47 bits per heavy atom. The molecule has 80 valence electrons. The van der Waals surface area contributed by atoms with E-state index >= 15 is 0 Å². The molecule has 0 saturated carbocycles. The first-order chi connectivity index (χ1) is 7.17. The van der Waals surface area contributed by atoms with E-state index in [2.05, 4.69) is 0 Å². The van der Waals surface area contributed by atoms with E-state index in [0.717, 1.165) is 11.3 Å². The Hall–Kier alpha value is -1.56. The third kappa shape index (κ3) is 3.25. The molecule has 1 aromatic rings. The second-order valence-electron chi connectivity index (χ2n) is 3.51. The van der Waals surface area contributed by atoms with E-state index in [1.807, 2.05) is 31.2 Å². The standard InChI is InChI=1S/C12H14FNO/c1-9(7-11(13)8-14)10-3-5-12(15-2)6-4-10/h3-6,9,11H,7H2,1-2H3/t9-,11-/m1/s1. The topological polar surface area (TPSA) is 33.0 Å². The number of nitriles is 1. The van der Waals surface area contributed by atoms with Crippen molar-refractivity contribution in [3.63, 3.8) is 0 Å². The molecule has 0 unspecified atom stereocenters. The summed E-state index contributed by atoms with van der Waals surface area (Å²) >= 11 is 0. The number of methoxy groups -OCH3 is 1. The van der Waals surface area contributed by atoms with Crippen molar-refractivity contribution in [1.29, 1.82) is 5.26 Å². The van der Waals surface area contributed by atoms with Crippen LogP contribution < -0.4 is 4.74 Å². The Bertz CT molecular complexity index is 342. The normalized spacial score (nSPS) is 14.0. The molecule has 0 aliphatic carbocycles. The largest absolute Gasteiger partial charge is 0.497 e. The number of benzene rings is 1. The Morgan fingerprint density at radius 2 is 2.00 bits per heavy atom. The highest BCUT2D eigenvalue weighted by Gasteiger charge is 2.12. The van der Waals surface area contributed by atoms with Crippen LogP contribution in [0.3, 0.4) is 0 Å². The molecule has 0 saturated heterocycles. The summed E-state index contributed by atoms with van der Waals surface area (Å²) in [5, 5.41) is 8.37. The maximum atomic E-state index is 12.8. The van der Waals surface area contributed by atoms with E-state index in [1.165, 1.54) is 0 Å². The summed E-state index contributed by atoms with van der Waals surface area (Å²) in [7, 11) is 1.60. The van der Waals surface area contributed by atoms with Gasteiger partial charge < -0.3 is 4.74 Å². The minimum atomic E-state index is -1.39. The smallest absolute Gasteiger partial charge is 0.186 e. The number of halogens is 1. The molecule has 0 heterocycles. The van der Waals surface area contributed by atoms with Gasteiger partial charge in [-0.1, -0.05) is 19.1 Å². The van der Waals surface area contributed by atoms with Gasteiger partial charge in [-0.2, -0.15) is 5.26 Å². The van der Waals surface area contributed by atoms with Crippen molar-refractivity contribution < 1.29 is 9.13 Å². The summed E-state index contributed by atoms with van der Waals surface area (Å²) in [6, 6.07) is 9.07. The molecule has 0 aliphatic rings. The molecule has 15 heavy (non-hydrogen) atoms. The number of rotatable bonds is 4. The van der Waals surface area contributed by atoms with Crippen LogP contribution in [0.1, 0.15) is 24.8 Å². The molecule has 0 fully saturated rings. The average molecular weight is 207 g/mol. The Morgan fingerprint density at radius 1 is 1.40 bits per heavy atom. The third-order valence-corrected chi connectivity index (χ3v) is 2.39. The van der Waals surface area contributed by atoms with Crippen molar-refractivity contribution in [3.8, 4) is 11.8 Å². The molecule has 0 N–H and O–H groups in total. The summed E-state index contributed by atoms with van der Waals surface area (Å²) in [6.07, 6.45) is -1.15. The SMILES string of the molecule is COc1ccc([C@H](C)C[C@@H](F)C#N)cc1. The van der Waals surface area contributed by atoms with Crippen LogP contribution in [-0.4, -0.2) is 13.3 Å². The van der Waals surface area contributed by atoms with Crippen LogP contribution in [0.25, 0.3) is 0 Å². The van der Waals surface area contributed by atoms with Crippen LogP contribution >= 0.6 is 0 Å². The molecule has 0 spiro atoms. The van der Waals surface area contributed by atoms with E-state index < -0.39 is 6.17 Å². The van der Waals surface area contributed by atoms with Crippen molar-refractivity contribution in [2.24, 2.45) is 0 Å². The highest BCUT2D eigenvalue weighted by atomic mass is 19.1. The first-order valence-corrected chi connectivity index (χ1v) is 4.85. The van der Waals surface area contributed by atoms with Crippen molar-refractivity contribution in [3.05, 3.63) is 29.8 Å². The Balaban J connectivity index is 2.66. The lowest BCUT2D eigenvalue weighted by Crippen LogP contribution is -2.03. The number of hydrogen-bond donors (Lipinski definition) is 0. The predicted octanol–water partition coefficient (Wildman–Crippen LogP) is 3.05.